The SMILES string of the molecule is C#CC(C)N(C1=NS(=O)(=O)c2cccc(Cl)c21)C(C)C. The molecule has 2 rings (SSSR count). The summed E-state index contributed by atoms with van der Waals surface area (Å²) < 4.78 is 28.1. The van der Waals surface area contributed by atoms with Crippen LogP contribution in [0.4, 0.5) is 0 Å². The van der Waals surface area contributed by atoms with E-state index in [-0.39, 0.29) is 17.0 Å². The van der Waals surface area contributed by atoms with Gasteiger partial charge in [0.2, 0.25) is 0 Å². The molecule has 1 aromatic carbocycles. The van der Waals surface area contributed by atoms with Crippen LogP contribution in [-0.2, 0) is 10.0 Å². The average molecular weight is 311 g/mol. The fourth-order valence-electron chi connectivity index (χ4n) is 2.28. The van der Waals surface area contributed by atoms with E-state index in [1.165, 1.54) is 6.07 Å². The second-order valence-corrected chi connectivity index (χ2v) is 6.83. The summed E-state index contributed by atoms with van der Waals surface area (Å²) in [5.74, 6) is 2.93. The smallest absolute Gasteiger partial charge is 0.285 e. The zero-order chi connectivity index (χ0) is 15.1. The summed E-state index contributed by atoms with van der Waals surface area (Å²) >= 11 is 6.16. The van der Waals surface area contributed by atoms with E-state index in [0.717, 1.165) is 0 Å². The van der Waals surface area contributed by atoms with E-state index in [9.17, 15) is 8.42 Å². The Bertz CT molecular complexity index is 717. The molecule has 1 unspecified atom stereocenters. The Balaban J connectivity index is 2.69. The van der Waals surface area contributed by atoms with Crippen LogP contribution >= 0.6 is 11.6 Å². The van der Waals surface area contributed by atoms with Gasteiger partial charge in [-0.05, 0) is 32.9 Å². The monoisotopic (exact) mass is 310 g/mol. The number of nitrogens with zero attached hydrogens (tertiary/aromatic N) is 2. The minimum absolute atomic E-state index is 0.00257. The predicted molar refractivity (Wildman–Crippen MR) is 80.4 cm³/mol. The van der Waals surface area contributed by atoms with Crippen molar-refractivity contribution in [1.29, 1.82) is 0 Å². The van der Waals surface area contributed by atoms with Gasteiger partial charge in [0.05, 0.1) is 16.6 Å². The summed E-state index contributed by atoms with van der Waals surface area (Å²) in [6.45, 7) is 5.68. The first-order chi connectivity index (χ1) is 9.29. The van der Waals surface area contributed by atoms with Crippen molar-refractivity contribution in [2.75, 3.05) is 0 Å². The maximum atomic E-state index is 12.1. The lowest BCUT2D eigenvalue weighted by molar-refractivity contribution is 0.323. The zero-order valence-corrected chi connectivity index (χ0v) is 13.0. The zero-order valence-electron chi connectivity index (χ0n) is 11.5. The summed E-state index contributed by atoms with van der Waals surface area (Å²) in [5.41, 5.74) is 0.435. The minimum Gasteiger partial charge on any atom is -0.339 e. The Hall–Kier alpha value is -1.51. The van der Waals surface area contributed by atoms with Gasteiger partial charge < -0.3 is 4.90 Å². The Labute approximate surface area is 124 Å². The average Bonchev–Trinajstić information content (AvgIpc) is 2.62. The highest BCUT2D eigenvalue weighted by Gasteiger charge is 2.35. The summed E-state index contributed by atoms with van der Waals surface area (Å²) in [7, 11) is -3.70. The van der Waals surface area contributed by atoms with Gasteiger partial charge in [0.1, 0.15) is 4.90 Å². The molecule has 0 aromatic heterocycles. The van der Waals surface area contributed by atoms with Crippen molar-refractivity contribution in [1.82, 2.24) is 4.90 Å². The molecule has 0 spiro atoms. The number of halogens is 1. The molecule has 1 aromatic rings. The molecule has 1 atom stereocenters. The molecule has 6 heteroatoms. The molecule has 0 radical (unpaired) electrons. The van der Waals surface area contributed by atoms with Crippen molar-refractivity contribution in [2.24, 2.45) is 4.40 Å². The topological polar surface area (TPSA) is 49.7 Å². The van der Waals surface area contributed by atoms with Crippen molar-refractivity contribution in [3.05, 3.63) is 28.8 Å². The molecule has 0 aliphatic carbocycles. The van der Waals surface area contributed by atoms with E-state index in [4.69, 9.17) is 18.0 Å². The standard InChI is InChI=1S/C14H15ClN2O2S/c1-5-10(4)17(9(2)3)14-13-11(15)7-6-8-12(13)20(18,19)16-14/h1,6-10H,2-4H3. The van der Waals surface area contributed by atoms with E-state index in [1.54, 1.807) is 17.0 Å². The first-order valence-corrected chi connectivity index (χ1v) is 7.99. The predicted octanol–water partition coefficient (Wildman–Crippen LogP) is 2.52. The van der Waals surface area contributed by atoms with Crippen LogP contribution in [0, 0.1) is 12.3 Å². The van der Waals surface area contributed by atoms with E-state index in [2.05, 4.69) is 10.3 Å². The highest BCUT2D eigenvalue weighted by molar-refractivity contribution is 7.90. The van der Waals surface area contributed by atoms with Gasteiger partial charge in [-0.25, -0.2) is 0 Å². The lowest BCUT2D eigenvalue weighted by atomic mass is 10.1. The number of benzene rings is 1. The van der Waals surface area contributed by atoms with Crippen LogP contribution < -0.4 is 0 Å². The van der Waals surface area contributed by atoms with Crippen LogP contribution in [0.5, 0.6) is 0 Å². The van der Waals surface area contributed by atoms with Crippen LogP contribution in [0.25, 0.3) is 0 Å². The summed E-state index contributed by atoms with van der Waals surface area (Å²) in [4.78, 5) is 1.92. The third kappa shape index (κ3) is 2.30. The third-order valence-corrected chi connectivity index (χ3v) is 4.77. The van der Waals surface area contributed by atoms with E-state index in [1.807, 2.05) is 20.8 Å². The van der Waals surface area contributed by atoms with Crippen molar-refractivity contribution in [3.8, 4) is 12.3 Å². The number of terminal acetylenes is 1. The molecule has 1 heterocycles. The lowest BCUT2D eigenvalue weighted by Gasteiger charge is -2.31. The maximum absolute atomic E-state index is 12.1. The van der Waals surface area contributed by atoms with Gasteiger partial charge in [-0.15, -0.1) is 10.8 Å². The molecule has 0 bridgehead atoms. The maximum Gasteiger partial charge on any atom is 0.285 e. The van der Waals surface area contributed by atoms with Crippen molar-refractivity contribution < 1.29 is 8.42 Å². The van der Waals surface area contributed by atoms with E-state index in [0.29, 0.717) is 16.4 Å². The van der Waals surface area contributed by atoms with Crippen LogP contribution in [0.2, 0.25) is 5.02 Å². The Morgan fingerprint density at radius 2 is 2.00 bits per heavy atom. The van der Waals surface area contributed by atoms with Gasteiger partial charge in [-0.2, -0.15) is 8.42 Å². The lowest BCUT2D eigenvalue weighted by Crippen LogP contribution is -2.42. The minimum atomic E-state index is -3.70. The van der Waals surface area contributed by atoms with Gasteiger partial charge in [0, 0.05) is 6.04 Å². The molecule has 1 aliphatic heterocycles. The number of hydrogen-bond acceptors (Lipinski definition) is 3. The first kappa shape index (κ1) is 14.9. The fourth-order valence-corrected chi connectivity index (χ4v) is 3.81. The molecule has 0 fully saturated rings. The molecular formula is C14H15ClN2O2S. The third-order valence-electron chi connectivity index (χ3n) is 3.14. The van der Waals surface area contributed by atoms with E-state index >= 15 is 0 Å². The number of fused-ring (bicyclic) bond motifs is 1. The first-order valence-electron chi connectivity index (χ1n) is 6.18. The van der Waals surface area contributed by atoms with Crippen LogP contribution in [0.1, 0.15) is 26.3 Å². The van der Waals surface area contributed by atoms with Crippen molar-refractivity contribution in [2.45, 2.75) is 37.8 Å². The van der Waals surface area contributed by atoms with Gasteiger partial charge >= 0.3 is 0 Å². The van der Waals surface area contributed by atoms with E-state index < -0.39 is 10.0 Å². The molecule has 1 aliphatic rings. The number of rotatable bonds is 2. The number of sulfonamides is 1. The second-order valence-electron chi connectivity index (χ2n) is 4.85. The summed E-state index contributed by atoms with van der Waals surface area (Å²) in [5, 5.41) is 0.359. The van der Waals surface area contributed by atoms with Crippen LogP contribution in [0.15, 0.2) is 27.5 Å². The van der Waals surface area contributed by atoms with Crippen molar-refractivity contribution >= 4 is 27.5 Å². The van der Waals surface area contributed by atoms with Gasteiger partial charge in [-0.3, -0.25) is 0 Å². The summed E-state index contributed by atoms with van der Waals surface area (Å²) in [6.07, 6.45) is 5.47. The van der Waals surface area contributed by atoms with Crippen LogP contribution in [-0.4, -0.2) is 31.2 Å². The molecule has 4 nitrogen and oxygen atoms in total. The molecular weight excluding hydrogens is 296 g/mol. The molecule has 106 valence electrons. The van der Waals surface area contributed by atoms with Crippen molar-refractivity contribution in [3.63, 3.8) is 0 Å². The fraction of sp³-hybridized carbons (Fsp3) is 0.357. The Kier molecular flexibility index (Phi) is 3.81. The Morgan fingerprint density at radius 3 is 2.55 bits per heavy atom. The highest BCUT2D eigenvalue weighted by atomic mass is 35.5. The summed E-state index contributed by atoms with van der Waals surface area (Å²) in [6, 6.07) is 4.46. The highest BCUT2D eigenvalue weighted by Crippen LogP contribution is 2.34. The normalized spacial score (nSPS) is 17.3. The molecule has 0 saturated heterocycles. The molecule has 0 saturated carbocycles. The molecule has 20 heavy (non-hydrogen) atoms. The number of hydrogen-bond donors (Lipinski definition) is 0. The van der Waals surface area contributed by atoms with Crippen LogP contribution in [0.3, 0.4) is 0 Å². The molecule has 0 N–H and O–H groups in total. The molecule has 0 amide bonds. The van der Waals surface area contributed by atoms with Gasteiger partial charge in [0.25, 0.3) is 10.0 Å². The largest absolute Gasteiger partial charge is 0.339 e. The number of amidine groups is 1. The quantitative estimate of drug-likeness (QED) is 0.789. The van der Waals surface area contributed by atoms with Gasteiger partial charge in [-0.1, -0.05) is 23.6 Å². The van der Waals surface area contributed by atoms with Gasteiger partial charge in [0.15, 0.2) is 5.84 Å². The second kappa shape index (κ2) is 5.12. The Morgan fingerprint density at radius 1 is 1.35 bits per heavy atom.